The quantitative estimate of drug-likeness (QED) is 0.726. The average Bonchev–Trinajstić information content (AvgIpc) is 2.63. The second-order valence-electron chi connectivity index (χ2n) is 8.69. The van der Waals surface area contributed by atoms with Crippen LogP contribution in [-0.4, -0.2) is 43.4 Å². The standard InChI is InChI=1S/C21H27NO6/c1-26-16-4-15(5-17(6-16)27-2)22-18(23)11-28-19(24)20-7-13-3-14(8-20)10-21(25,9-13)12-20/h4-6,13-14,25H,3,7-12H2,1-2H3,(H,22,23). The van der Waals surface area contributed by atoms with Gasteiger partial charge < -0.3 is 24.6 Å². The molecular formula is C21H27NO6. The van der Waals surface area contributed by atoms with Crippen molar-refractivity contribution in [2.24, 2.45) is 17.3 Å². The summed E-state index contributed by atoms with van der Waals surface area (Å²) in [5.41, 5.74) is -0.859. The first-order chi connectivity index (χ1) is 13.3. The van der Waals surface area contributed by atoms with Crippen molar-refractivity contribution in [3.63, 3.8) is 0 Å². The second-order valence-corrected chi connectivity index (χ2v) is 8.69. The van der Waals surface area contributed by atoms with E-state index in [0.717, 1.165) is 32.1 Å². The van der Waals surface area contributed by atoms with Gasteiger partial charge in [-0.3, -0.25) is 9.59 Å². The van der Waals surface area contributed by atoms with Crippen molar-refractivity contribution >= 4 is 17.6 Å². The Morgan fingerprint density at radius 2 is 1.68 bits per heavy atom. The minimum atomic E-state index is -0.734. The van der Waals surface area contributed by atoms with Gasteiger partial charge in [-0.2, -0.15) is 0 Å². The number of methoxy groups -OCH3 is 2. The summed E-state index contributed by atoms with van der Waals surface area (Å²) in [6, 6.07) is 5.03. The van der Waals surface area contributed by atoms with Gasteiger partial charge in [0.05, 0.1) is 25.2 Å². The lowest BCUT2D eigenvalue weighted by atomic mass is 9.48. The number of benzene rings is 1. The number of nitrogens with one attached hydrogen (secondary N) is 1. The largest absolute Gasteiger partial charge is 0.497 e. The van der Waals surface area contributed by atoms with Crippen molar-refractivity contribution < 1.29 is 28.9 Å². The summed E-state index contributed by atoms with van der Waals surface area (Å²) in [4.78, 5) is 25.1. The minimum Gasteiger partial charge on any atom is -0.497 e. The number of carbonyl (C=O) groups excluding carboxylic acids is 2. The van der Waals surface area contributed by atoms with E-state index >= 15 is 0 Å². The van der Waals surface area contributed by atoms with Gasteiger partial charge >= 0.3 is 5.97 Å². The number of esters is 1. The Bertz CT molecular complexity index is 755. The first-order valence-electron chi connectivity index (χ1n) is 9.76. The maximum Gasteiger partial charge on any atom is 0.312 e. The van der Waals surface area contributed by atoms with Gasteiger partial charge in [0.2, 0.25) is 0 Å². The molecule has 0 saturated heterocycles. The van der Waals surface area contributed by atoms with Crippen LogP contribution in [0.25, 0.3) is 0 Å². The number of amides is 1. The number of hydrogen-bond acceptors (Lipinski definition) is 6. The third kappa shape index (κ3) is 3.55. The normalized spacial score (nSPS) is 32.7. The summed E-state index contributed by atoms with van der Waals surface area (Å²) in [6.45, 7) is -0.353. The minimum absolute atomic E-state index is 0.349. The highest BCUT2D eigenvalue weighted by Gasteiger charge is 2.60. The van der Waals surface area contributed by atoms with Crippen LogP contribution in [0.5, 0.6) is 11.5 Å². The van der Waals surface area contributed by atoms with E-state index in [1.54, 1.807) is 18.2 Å². The fraction of sp³-hybridized carbons (Fsp3) is 0.619. The van der Waals surface area contributed by atoms with Gasteiger partial charge in [0.15, 0.2) is 6.61 Å². The van der Waals surface area contributed by atoms with Crippen LogP contribution in [0.2, 0.25) is 0 Å². The molecule has 1 aromatic rings. The molecule has 4 fully saturated rings. The number of rotatable bonds is 6. The van der Waals surface area contributed by atoms with Gasteiger partial charge in [-0.1, -0.05) is 0 Å². The van der Waals surface area contributed by atoms with Crippen LogP contribution in [0, 0.1) is 17.3 Å². The fourth-order valence-corrected chi connectivity index (χ4v) is 5.81. The predicted octanol–water partition coefficient (Wildman–Crippen LogP) is 2.52. The molecule has 2 unspecified atom stereocenters. The zero-order chi connectivity index (χ0) is 19.9. The first-order valence-corrected chi connectivity index (χ1v) is 9.76. The molecule has 1 amide bonds. The summed E-state index contributed by atoms with van der Waals surface area (Å²) in [7, 11) is 3.06. The second kappa shape index (κ2) is 6.95. The van der Waals surface area contributed by atoms with Crippen molar-refractivity contribution in [2.45, 2.75) is 44.1 Å². The van der Waals surface area contributed by atoms with Crippen molar-refractivity contribution in [1.82, 2.24) is 0 Å². The summed E-state index contributed by atoms with van der Waals surface area (Å²) in [5.74, 6) is 1.10. The van der Waals surface area contributed by atoms with Crippen LogP contribution in [-0.2, 0) is 14.3 Å². The van der Waals surface area contributed by atoms with Gasteiger partial charge in [-0.25, -0.2) is 0 Å². The average molecular weight is 389 g/mol. The number of ether oxygens (including phenoxy) is 3. The van der Waals surface area contributed by atoms with E-state index in [0.29, 0.717) is 35.4 Å². The van der Waals surface area contributed by atoms with Gasteiger partial charge in [-0.05, 0) is 50.4 Å². The Balaban J connectivity index is 1.37. The SMILES string of the molecule is COc1cc(NC(=O)COC(=O)C23CC4CC(CC(O)(C4)C2)C3)cc(OC)c1. The van der Waals surface area contributed by atoms with Crippen LogP contribution in [0.1, 0.15) is 38.5 Å². The van der Waals surface area contributed by atoms with E-state index in [-0.39, 0.29) is 12.6 Å². The van der Waals surface area contributed by atoms with Crippen molar-refractivity contribution in [3.05, 3.63) is 18.2 Å². The molecule has 7 nitrogen and oxygen atoms in total. The highest BCUT2D eigenvalue weighted by atomic mass is 16.5. The maximum absolute atomic E-state index is 12.8. The fourth-order valence-electron chi connectivity index (χ4n) is 5.81. The molecule has 4 aliphatic rings. The molecule has 4 aliphatic carbocycles. The molecule has 5 rings (SSSR count). The topological polar surface area (TPSA) is 94.1 Å². The van der Waals surface area contributed by atoms with Crippen LogP contribution >= 0.6 is 0 Å². The zero-order valence-electron chi connectivity index (χ0n) is 16.3. The van der Waals surface area contributed by atoms with Crippen molar-refractivity contribution in [1.29, 1.82) is 0 Å². The lowest BCUT2D eigenvalue weighted by Gasteiger charge is -2.58. The molecule has 28 heavy (non-hydrogen) atoms. The summed E-state index contributed by atoms with van der Waals surface area (Å²) in [5, 5.41) is 13.5. The van der Waals surface area contributed by atoms with Gasteiger partial charge in [-0.15, -0.1) is 0 Å². The van der Waals surface area contributed by atoms with E-state index in [4.69, 9.17) is 14.2 Å². The maximum atomic E-state index is 12.8. The molecule has 152 valence electrons. The number of carbonyl (C=O) groups is 2. The van der Waals surface area contributed by atoms with E-state index in [9.17, 15) is 14.7 Å². The Kier molecular flexibility index (Phi) is 4.73. The van der Waals surface area contributed by atoms with Crippen molar-refractivity contribution in [2.75, 3.05) is 26.1 Å². The van der Waals surface area contributed by atoms with Crippen LogP contribution in [0.3, 0.4) is 0 Å². The van der Waals surface area contributed by atoms with E-state index in [2.05, 4.69) is 5.32 Å². The number of hydrogen-bond donors (Lipinski definition) is 2. The van der Waals surface area contributed by atoms with Crippen molar-refractivity contribution in [3.8, 4) is 11.5 Å². The van der Waals surface area contributed by atoms with E-state index in [1.807, 2.05) is 0 Å². The monoisotopic (exact) mass is 389 g/mol. The predicted molar refractivity (Wildman–Crippen MR) is 101 cm³/mol. The number of aliphatic hydroxyl groups is 1. The van der Waals surface area contributed by atoms with E-state index in [1.165, 1.54) is 14.2 Å². The Morgan fingerprint density at radius 1 is 1.07 bits per heavy atom. The Hall–Kier alpha value is -2.28. The third-order valence-electron chi connectivity index (χ3n) is 6.43. The Labute approximate surface area is 164 Å². The first kappa shape index (κ1) is 19.1. The van der Waals surface area contributed by atoms with E-state index < -0.39 is 16.9 Å². The highest BCUT2D eigenvalue weighted by Crippen LogP contribution is 2.61. The summed E-state index contributed by atoms with van der Waals surface area (Å²) in [6.07, 6.45) is 4.65. The van der Waals surface area contributed by atoms with Crippen LogP contribution in [0.4, 0.5) is 5.69 Å². The molecule has 0 aliphatic heterocycles. The number of anilines is 1. The van der Waals surface area contributed by atoms with Gasteiger partial charge in [0.1, 0.15) is 11.5 Å². The molecule has 1 aromatic carbocycles. The summed E-state index contributed by atoms with van der Waals surface area (Å²) >= 11 is 0. The molecule has 2 N–H and O–H groups in total. The molecule has 7 heteroatoms. The third-order valence-corrected chi connectivity index (χ3v) is 6.43. The van der Waals surface area contributed by atoms with Gasteiger partial charge in [0, 0.05) is 23.9 Å². The molecule has 0 radical (unpaired) electrons. The molecule has 2 atom stereocenters. The lowest BCUT2D eigenvalue weighted by Crippen LogP contribution is -2.58. The highest BCUT2D eigenvalue weighted by molar-refractivity contribution is 5.93. The summed E-state index contributed by atoms with van der Waals surface area (Å²) < 4.78 is 15.8. The molecular weight excluding hydrogens is 362 g/mol. The molecule has 0 spiro atoms. The van der Waals surface area contributed by atoms with Gasteiger partial charge in [0.25, 0.3) is 5.91 Å². The molecule has 4 saturated carbocycles. The lowest BCUT2D eigenvalue weighted by molar-refractivity contribution is -0.196. The van der Waals surface area contributed by atoms with Crippen LogP contribution in [0.15, 0.2) is 18.2 Å². The molecule has 4 bridgehead atoms. The zero-order valence-corrected chi connectivity index (χ0v) is 16.3. The smallest absolute Gasteiger partial charge is 0.312 e. The Morgan fingerprint density at radius 3 is 2.21 bits per heavy atom. The molecule has 0 heterocycles. The van der Waals surface area contributed by atoms with Crippen LogP contribution < -0.4 is 14.8 Å². The molecule has 0 aromatic heterocycles.